The summed E-state index contributed by atoms with van der Waals surface area (Å²) in [5.41, 5.74) is 3.26. The van der Waals surface area contributed by atoms with Gasteiger partial charge >= 0.3 is 0 Å². The van der Waals surface area contributed by atoms with Gasteiger partial charge in [0.2, 0.25) is 5.91 Å². The molecule has 5 nitrogen and oxygen atoms in total. The molecule has 150 valence electrons. The molecule has 3 rings (SSSR count). The molecule has 2 aromatic rings. The third-order valence-corrected chi connectivity index (χ3v) is 5.56. The van der Waals surface area contributed by atoms with Gasteiger partial charge in [-0.05, 0) is 62.9 Å². The van der Waals surface area contributed by atoms with Crippen LogP contribution in [0.1, 0.15) is 42.8 Å². The second-order valence-electron chi connectivity index (χ2n) is 7.94. The first-order valence-electron chi connectivity index (χ1n) is 10.4. The summed E-state index contributed by atoms with van der Waals surface area (Å²) in [4.78, 5) is 25.8. The van der Waals surface area contributed by atoms with E-state index in [1.54, 1.807) is 6.20 Å². The van der Waals surface area contributed by atoms with Crippen LogP contribution in [0.5, 0.6) is 0 Å². The van der Waals surface area contributed by atoms with Gasteiger partial charge in [-0.3, -0.25) is 19.7 Å². The molecule has 0 bridgehead atoms. The number of piperidine rings is 1. The first-order chi connectivity index (χ1) is 13.6. The maximum Gasteiger partial charge on any atom is 0.222 e. The second kappa shape index (κ2) is 10.3. The van der Waals surface area contributed by atoms with E-state index < -0.39 is 0 Å². The number of aromatic nitrogens is 2. The van der Waals surface area contributed by atoms with Crippen molar-refractivity contribution in [2.24, 2.45) is 5.92 Å². The lowest BCUT2D eigenvalue weighted by Gasteiger charge is -2.32. The van der Waals surface area contributed by atoms with E-state index in [2.05, 4.69) is 27.0 Å². The van der Waals surface area contributed by atoms with E-state index in [1.807, 2.05) is 43.1 Å². The number of pyridine rings is 2. The minimum atomic E-state index is 0.244. The Morgan fingerprint density at radius 2 is 2.07 bits per heavy atom. The third kappa shape index (κ3) is 6.41. The van der Waals surface area contributed by atoms with Gasteiger partial charge in [0, 0.05) is 57.1 Å². The smallest absolute Gasteiger partial charge is 0.222 e. The molecule has 1 saturated heterocycles. The summed E-state index contributed by atoms with van der Waals surface area (Å²) in [5, 5.41) is 0. The predicted octanol–water partition coefficient (Wildman–Crippen LogP) is 3.48. The summed E-state index contributed by atoms with van der Waals surface area (Å²) >= 11 is 0. The quantitative estimate of drug-likeness (QED) is 0.703. The van der Waals surface area contributed by atoms with Crippen LogP contribution in [0.3, 0.4) is 0 Å². The van der Waals surface area contributed by atoms with Gasteiger partial charge in [0.05, 0.1) is 5.69 Å². The second-order valence-corrected chi connectivity index (χ2v) is 7.94. The van der Waals surface area contributed by atoms with Gasteiger partial charge in [-0.2, -0.15) is 0 Å². The summed E-state index contributed by atoms with van der Waals surface area (Å²) in [5.74, 6) is 0.847. The third-order valence-electron chi connectivity index (χ3n) is 5.56. The van der Waals surface area contributed by atoms with Crippen LogP contribution in [-0.4, -0.2) is 52.4 Å². The van der Waals surface area contributed by atoms with Crippen molar-refractivity contribution in [3.8, 4) is 0 Å². The Kier molecular flexibility index (Phi) is 7.54. The number of aryl methyl sites for hydroxylation is 1. The highest BCUT2D eigenvalue weighted by atomic mass is 16.2. The Morgan fingerprint density at radius 1 is 1.21 bits per heavy atom. The summed E-state index contributed by atoms with van der Waals surface area (Å²) in [6, 6.07) is 12.2. The largest absolute Gasteiger partial charge is 0.345 e. The van der Waals surface area contributed by atoms with Gasteiger partial charge in [-0.25, -0.2) is 0 Å². The summed E-state index contributed by atoms with van der Waals surface area (Å²) in [6.07, 6.45) is 6.66. The van der Waals surface area contributed by atoms with E-state index in [-0.39, 0.29) is 5.91 Å². The molecule has 0 saturated carbocycles. The Hall–Kier alpha value is -2.27. The predicted molar refractivity (Wildman–Crippen MR) is 112 cm³/mol. The van der Waals surface area contributed by atoms with Crippen molar-refractivity contribution < 1.29 is 4.79 Å². The number of likely N-dealkylation sites (tertiary alicyclic amines) is 1. The maximum absolute atomic E-state index is 12.5. The van der Waals surface area contributed by atoms with E-state index in [4.69, 9.17) is 0 Å². The van der Waals surface area contributed by atoms with Crippen molar-refractivity contribution in [1.29, 1.82) is 0 Å². The van der Waals surface area contributed by atoms with E-state index in [0.717, 1.165) is 56.1 Å². The number of rotatable bonds is 8. The first-order valence-corrected chi connectivity index (χ1v) is 10.4. The summed E-state index contributed by atoms with van der Waals surface area (Å²) in [7, 11) is 1.90. The van der Waals surface area contributed by atoms with E-state index in [1.165, 1.54) is 12.8 Å². The summed E-state index contributed by atoms with van der Waals surface area (Å²) in [6.45, 7) is 5.88. The summed E-state index contributed by atoms with van der Waals surface area (Å²) < 4.78 is 0. The van der Waals surface area contributed by atoms with Crippen LogP contribution in [0.4, 0.5) is 0 Å². The highest BCUT2D eigenvalue weighted by molar-refractivity contribution is 5.75. The SMILES string of the molecule is Cc1cccc(CN2CCCC(CCC(=O)N(C)CCc3ccccn3)C2)n1. The number of amides is 1. The molecule has 0 spiro atoms. The van der Waals surface area contributed by atoms with Gasteiger partial charge in [-0.1, -0.05) is 12.1 Å². The molecule has 0 aromatic carbocycles. The molecule has 3 heterocycles. The lowest BCUT2D eigenvalue weighted by atomic mass is 9.93. The van der Waals surface area contributed by atoms with E-state index in [0.29, 0.717) is 12.3 Å². The van der Waals surface area contributed by atoms with Crippen molar-refractivity contribution in [3.63, 3.8) is 0 Å². The molecule has 0 aliphatic carbocycles. The molecule has 0 radical (unpaired) electrons. The number of hydrogen-bond donors (Lipinski definition) is 0. The number of carbonyl (C=O) groups is 1. The van der Waals surface area contributed by atoms with Crippen LogP contribution in [-0.2, 0) is 17.8 Å². The van der Waals surface area contributed by atoms with E-state index in [9.17, 15) is 4.79 Å². The van der Waals surface area contributed by atoms with Crippen molar-refractivity contribution >= 4 is 5.91 Å². The highest BCUT2D eigenvalue weighted by Crippen LogP contribution is 2.22. The van der Waals surface area contributed by atoms with Crippen molar-refractivity contribution in [1.82, 2.24) is 19.8 Å². The molecule has 1 aliphatic heterocycles. The highest BCUT2D eigenvalue weighted by Gasteiger charge is 2.21. The zero-order valence-electron chi connectivity index (χ0n) is 17.2. The molecular weight excluding hydrogens is 348 g/mol. The van der Waals surface area contributed by atoms with Crippen LogP contribution >= 0.6 is 0 Å². The molecule has 5 heteroatoms. The van der Waals surface area contributed by atoms with Crippen molar-refractivity contribution in [2.45, 2.75) is 45.6 Å². The van der Waals surface area contributed by atoms with Crippen molar-refractivity contribution in [2.75, 3.05) is 26.7 Å². The standard InChI is InChI=1S/C23H32N4O/c1-19-7-5-10-22(25-19)18-27-15-6-8-20(17-27)11-12-23(28)26(2)16-13-21-9-3-4-14-24-21/h3-5,7,9-10,14,20H,6,8,11-13,15-18H2,1-2H3. The lowest BCUT2D eigenvalue weighted by Crippen LogP contribution is -2.36. The van der Waals surface area contributed by atoms with Crippen molar-refractivity contribution in [3.05, 3.63) is 59.7 Å². The van der Waals surface area contributed by atoms with Crippen LogP contribution in [0.2, 0.25) is 0 Å². The Balaban J connectivity index is 1.40. The van der Waals surface area contributed by atoms with Crippen LogP contribution < -0.4 is 0 Å². The normalized spacial score (nSPS) is 17.4. The Bertz CT molecular complexity index is 749. The fourth-order valence-corrected chi connectivity index (χ4v) is 3.92. The van der Waals surface area contributed by atoms with Gasteiger partial charge in [-0.15, -0.1) is 0 Å². The number of hydrogen-bond acceptors (Lipinski definition) is 4. The molecule has 0 N–H and O–H groups in total. The topological polar surface area (TPSA) is 49.3 Å². The molecule has 1 unspecified atom stereocenters. The van der Waals surface area contributed by atoms with Gasteiger partial charge in [0.25, 0.3) is 0 Å². The number of nitrogens with zero attached hydrogens (tertiary/aromatic N) is 4. The molecule has 2 aromatic heterocycles. The average molecular weight is 381 g/mol. The van der Waals surface area contributed by atoms with Crippen LogP contribution in [0.15, 0.2) is 42.6 Å². The van der Waals surface area contributed by atoms with Gasteiger partial charge < -0.3 is 4.90 Å². The Morgan fingerprint density at radius 3 is 2.86 bits per heavy atom. The van der Waals surface area contributed by atoms with Gasteiger partial charge in [0.15, 0.2) is 0 Å². The number of carbonyl (C=O) groups excluding carboxylic acids is 1. The fourth-order valence-electron chi connectivity index (χ4n) is 3.92. The number of likely N-dealkylation sites (N-methyl/N-ethyl adjacent to an activating group) is 1. The van der Waals surface area contributed by atoms with Gasteiger partial charge in [0.1, 0.15) is 0 Å². The van der Waals surface area contributed by atoms with E-state index >= 15 is 0 Å². The minimum Gasteiger partial charge on any atom is -0.345 e. The van der Waals surface area contributed by atoms with Crippen LogP contribution in [0.25, 0.3) is 0 Å². The maximum atomic E-state index is 12.5. The van der Waals surface area contributed by atoms with Crippen LogP contribution in [0, 0.1) is 12.8 Å². The fraction of sp³-hybridized carbons (Fsp3) is 0.522. The minimum absolute atomic E-state index is 0.244. The Labute approximate surface area is 168 Å². The molecule has 1 aliphatic rings. The zero-order chi connectivity index (χ0) is 19.8. The zero-order valence-corrected chi connectivity index (χ0v) is 17.2. The molecule has 1 atom stereocenters. The lowest BCUT2D eigenvalue weighted by molar-refractivity contribution is -0.130. The monoisotopic (exact) mass is 380 g/mol. The molecule has 1 amide bonds. The molecule has 28 heavy (non-hydrogen) atoms. The average Bonchev–Trinajstić information content (AvgIpc) is 2.71. The molecule has 1 fully saturated rings. The molecular formula is C23H32N4O. The first kappa shape index (κ1) is 20.5.